The van der Waals surface area contributed by atoms with Crippen molar-refractivity contribution in [1.29, 1.82) is 0 Å². The molecule has 0 spiro atoms. The number of amides is 1. The van der Waals surface area contributed by atoms with E-state index in [2.05, 4.69) is 15.3 Å². The van der Waals surface area contributed by atoms with Crippen molar-refractivity contribution < 1.29 is 14.6 Å². The Balaban J connectivity index is 1.73. The van der Waals surface area contributed by atoms with Gasteiger partial charge in [0.25, 0.3) is 5.91 Å². The quantitative estimate of drug-likeness (QED) is 0.593. The monoisotopic (exact) mass is 364 g/mol. The predicted molar refractivity (Wildman–Crippen MR) is 100 cm³/mol. The lowest BCUT2D eigenvalue weighted by Gasteiger charge is -2.17. The molecule has 1 heterocycles. The number of rotatable bonds is 7. The van der Waals surface area contributed by atoms with Gasteiger partial charge in [0.15, 0.2) is 0 Å². The van der Waals surface area contributed by atoms with Crippen LogP contribution in [0.5, 0.6) is 11.6 Å². The zero-order valence-corrected chi connectivity index (χ0v) is 14.6. The fourth-order valence-corrected chi connectivity index (χ4v) is 2.53. The third-order valence-electron chi connectivity index (χ3n) is 3.92. The average molecular weight is 364 g/mol. The smallest absolute Gasteiger partial charge is 0.251 e. The maximum Gasteiger partial charge on any atom is 0.251 e. The first-order valence-electron chi connectivity index (χ1n) is 8.45. The Morgan fingerprint density at radius 2 is 1.93 bits per heavy atom. The molecule has 2 aromatic carbocycles. The van der Waals surface area contributed by atoms with Crippen LogP contribution in [-0.4, -0.2) is 27.6 Å². The van der Waals surface area contributed by atoms with Gasteiger partial charge in [0, 0.05) is 18.2 Å². The van der Waals surface area contributed by atoms with Crippen molar-refractivity contribution in [1.82, 2.24) is 15.3 Å². The molecular formula is C20H20N4O3. The molecule has 0 radical (unpaired) electrons. The number of nitrogens with one attached hydrogen (secondary N) is 1. The summed E-state index contributed by atoms with van der Waals surface area (Å²) < 4.78 is 5.69. The summed E-state index contributed by atoms with van der Waals surface area (Å²) in [7, 11) is 0. The average Bonchev–Trinajstić information content (AvgIpc) is 2.72. The number of hydrogen-bond donors (Lipinski definition) is 3. The summed E-state index contributed by atoms with van der Waals surface area (Å²) >= 11 is 0. The molecule has 0 aliphatic carbocycles. The van der Waals surface area contributed by atoms with Crippen molar-refractivity contribution in [2.75, 3.05) is 6.61 Å². The summed E-state index contributed by atoms with van der Waals surface area (Å²) in [5.41, 5.74) is 7.46. The number of hydrogen-bond acceptors (Lipinski definition) is 6. The van der Waals surface area contributed by atoms with Gasteiger partial charge in [-0.1, -0.05) is 36.4 Å². The van der Waals surface area contributed by atoms with Crippen molar-refractivity contribution in [3.05, 3.63) is 83.8 Å². The highest BCUT2D eigenvalue weighted by molar-refractivity contribution is 5.94. The van der Waals surface area contributed by atoms with E-state index in [1.165, 1.54) is 6.33 Å². The van der Waals surface area contributed by atoms with Gasteiger partial charge in [-0.2, -0.15) is 0 Å². The zero-order chi connectivity index (χ0) is 19.1. The van der Waals surface area contributed by atoms with Crippen LogP contribution in [0.3, 0.4) is 0 Å². The minimum absolute atomic E-state index is 0.200. The van der Waals surface area contributed by atoms with Gasteiger partial charge in [0.1, 0.15) is 12.1 Å². The van der Waals surface area contributed by atoms with Crippen molar-refractivity contribution >= 4 is 5.91 Å². The van der Waals surface area contributed by atoms with E-state index in [4.69, 9.17) is 10.5 Å². The van der Waals surface area contributed by atoms with Gasteiger partial charge in [-0.25, -0.2) is 9.97 Å². The van der Waals surface area contributed by atoms with Crippen LogP contribution in [0.2, 0.25) is 0 Å². The number of aliphatic hydroxyl groups excluding tert-OH is 1. The molecular weight excluding hydrogens is 344 g/mol. The summed E-state index contributed by atoms with van der Waals surface area (Å²) in [5, 5.41) is 12.4. The van der Waals surface area contributed by atoms with Crippen molar-refractivity contribution in [2.45, 2.75) is 12.6 Å². The largest absolute Gasteiger partial charge is 0.439 e. The van der Waals surface area contributed by atoms with E-state index in [0.717, 1.165) is 5.56 Å². The molecule has 3 aromatic rings. The molecule has 0 aliphatic heterocycles. The van der Waals surface area contributed by atoms with Crippen molar-refractivity contribution in [2.24, 2.45) is 5.73 Å². The number of carbonyl (C=O) groups is 1. The lowest BCUT2D eigenvalue weighted by molar-refractivity contribution is 0.0916. The third-order valence-corrected chi connectivity index (χ3v) is 3.92. The van der Waals surface area contributed by atoms with Gasteiger partial charge in [0.05, 0.1) is 18.3 Å². The number of nitrogens with zero attached hydrogens (tertiary/aromatic N) is 2. The molecule has 7 heteroatoms. The van der Waals surface area contributed by atoms with E-state index in [-0.39, 0.29) is 19.1 Å². The van der Waals surface area contributed by atoms with E-state index < -0.39 is 6.04 Å². The van der Waals surface area contributed by atoms with Crippen LogP contribution >= 0.6 is 0 Å². The first-order valence-corrected chi connectivity index (χ1v) is 8.45. The minimum atomic E-state index is -0.489. The normalized spacial score (nSPS) is 11.6. The van der Waals surface area contributed by atoms with Crippen LogP contribution in [0.25, 0.3) is 0 Å². The maximum absolute atomic E-state index is 12.6. The summed E-state index contributed by atoms with van der Waals surface area (Å²) in [6.07, 6.45) is 1.37. The summed E-state index contributed by atoms with van der Waals surface area (Å²) in [5.74, 6) is 0.499. The van der Waals surface area contributed by atoms with E-state index >= 15 is 0 Å². The molecule has 0 saturated carbocycles. The van der Waals surface area contributed by atoms with Crippen molar-refractivity contribution in [3.63, 3.8) is 0 Å². The molecule has 138 valence electrons. The fraction of sp³-hybridized carbons (Fsp3) is 0.150. The highest BCUT2D eigenvalue weighted by Crippen LogP contribution is 2.21. The highest BCUT2D eigenvalue weighted by Gasteiger charge is 2.15. The molecule has 0 saturated heterocycles. The number of benzene rings is 2. The highest BCUT2D eigenvalue weighted by atomic mass is 16.5. The molecule has 0 aliphatic rings. The molecule has 27 heavy (non-hydrogen) atoms. The fourth-order valence-electron chi connectivity index (χ4n) is 2.53. The molecule has 7 nitrogen and oxygen atoms in total. The zero-order valence-electron chi connectivity index (χ0n) is 14.6. The van der Waals surface area contributed by atoms with Gasteiger partial charge in [-0.3, -0.25) is 4.79 Å². The first kappa shape index (κ1) is 18.5. The Labute approximate surface area is 156 Å². The number of aliphatic hydroxyl groups is 1. The molecule has 0 fully saturated rings. The van der Waals surface area contributed by atoms with Crippen LogP contribution in [-0.2, 0) is 6.54 Å². The van der Waals surface area contributed by atoms with E-state index in [0.29, 0.717) is 22.9 Å². The van der Waals surface area contributed by atoms with Gasteiger partial charge in [0.2, 0.25) is 5.88 Å². The first-order chi connectivity index (χ1) is 13.2. The van der Waals surface area contributed by atoms with E-state index in [1.807, 2.05) is 30.3 Å². The van der Waals surface area contributed by atoms with E-state index in [1.54, 1.807) is 30.3 Å². The van der Waals surface area contributed by atoms with Crippen LogP contribution in [0, 0.1) is 0 Å². The van der Waals surface area contributed by atoms with Crippen LogP contribution in [0.4, 0.5) is 0 Å². The predicted octanol–water partition coefficient (Wildman–Crippen LogP) is 2.19. The SMILES string of the molecule is NCc1cc(Oc2cccc(C(=O)NC(CO)c3ccccc3)c2)ncn1. The Morgan fingerprint density at radius 3 is 2.67 bits per heavy atom. The second-order valence-electron chi connectivity index (χ2n) is 5.80. The number of aromatic nitrogens is 2. The molecule has 1 amide bonds. The van der Waals surface area contributed by atoms with Crippen molar-refractivity contribution in [3.8, 4) is 11.6 Å². The maximum atomic E-state index is 12.6. The van der Waals surface area contributed by atoms with Gasteiger partial charge in [-0.15, -0.1) is 0 Å². The molecule has 0 bridgehead atoms. The number of carbonyl (C=O) groups excluding carboxylic acids is 1. The summed E-state index contributed by atoms with van der Waals surface area (Å²) in [6.45, 7) is 0.0815. The van der Waals surface area contributed by atoms with Crippen LogP contribution in [0.15, 0.2) is 67.0 Å². The number of ether oxygens (including phenoxy) is 1. The molecule has 1 aromatic heterocycles. The molecule has 1 unspecified atom stereocenters. The van der Waals surface area contributed by atoms with Gasteiger partial charge in [-0.05, 0) is 23.8 Å². The Bertz CT molecular complexity index is 902. The second kappa shape index (κ2) is 8.88. The lowest BCUT2D eigenvalue weighted by atomic mass is 10.1. The van der Waals surface area contributed by atoms with Crippen LogP contribution < -0.4 is 15.8 Å². The molecule has 1 atom stereocenters. The topological polar surface area (TPSA) is 110 Å². The van der Waals surface area contributed by atoms with Gasteiger partial charge >= 0.3 is 0 Å². The molecule has 3 rings (SSSR count). The van der Waals surface area contributed by atoms with Crippen LogP contribution in [0.1, 0.15) is 27.7 Å². The summed E-state index contributed by atoms with van der Waals surface area (Å²) in [6, 6.07) is 17.2. The lowest BCUT2D eigenvalue weighted by Crippen LogP contribution is -2.30. The number of nitrogens with two attached hydrogens (primary N) is 1. The molecule has 4 N–H and O–H groups in total. The Kier molecular flexibility index (Phi) is 6.09. The second-order valence-corrected chi connectivity index (χ2v) is 5.80. The summed E-state index contributed by atoms with van der Waals surface area (Å²) in [4.78, 5) is 20.6. The van der Waals surface area contributed by atoms with Gasteiger partial charge < -0.3 is 20.9 Å². The third kappa shape index (κ3) is 4.87. The Hall–Kier alpha value is -3.29. The standard InChI is InChI=1S/C20H20N4O3/c21-11-16-10-19(23-13-22-16)27-17-8-4-7-15(9-17)20(26)24-18(12-25)14-5-2-1-3-6-14/h1-10,13,18,25H,11-12,21H2,(H,24,26). The Morgan fingerprint density at radius 1 is 1.11 bits per heavy atom. The van der Waals surface area contributed by atoms with E-state index in [9.17, 15) is 9.90 Å². The minimum Gasteiger partial charge on any atom is -0.439 e.